The van der Waals surface area contributed by atoms with Crippen molar-refractivity contribution in [3.63, 3.8) is 0 Å². The summed E-state index contributed by atoms with van der Waals surface area (Å²) in [5, 5.41) is 2.80. The maximum atomic E-state index is 13.0. The predicted molar refractivity (Wildman–Crippen MR) is 73.5 cm³/mol. The number of rotatable bonds is 3. The van der Waals surface area contributed by atoms with E-state index >= 15 is 0 Å². The number of hydrogen-bond donors (Lipinski definition) is 1. The molecule has 2 nitrogen and oxygen atoms in total. The van der Waals surface area contributed by atoms with E-state index in [9.17, 15) is 9.18 Å². The summed E-state index contributed by atoms with van der Waals surface area (Å²) in [5.74, 6) is -0.427. The summed E-state index contributed by atoms with van der Waals surface area (Å²) < 4.78 is 13.0. The summed E-state index contributed by atoms with van der Waals surface area (Å²) in [7, 11) is 0. The van der Waals surface area contributed by atoms with Gasteiger partial charge >= 0.3 is 0 Å². The van der Waals surface area contributed by atoms with E-state index in [4.69, 9.17) is 0 Å². The van der Waals surface area contributed by atoms with E-state index in [1.54, 1.807) is 18.2 Å². The molecule has 0 aliphatic heterocycles. The van der Waals surface area contributed by atoms with Gasteiger partial charge < -0.3 is 5.32 Å². The summed E-state index contributed by atoms with van der Waals surface area (Å²) in [5.41, 5.74) is 3.47. The largest absolute Gasteiger partial charge is 0.348 e. The molecule has 0 spiro atoms. The van der Waals surface area contributed by atoms with Gasteiger partial charge in [0.25, 0.3) is 5.91 Å². The first-order valence-electron chi connectivity index (χ1n) is 6.17. The Hall–Kier alpha value is -2.16. The van der Waals surface area contributed by atoms with Gasteiger partial charge in [-0.15, -0.1) is 0 Å². The molecular weight excluding hydrogens is 241 g/mol. The standard InChI is InChI=1S/C16H16FNO/c1-11-5-3-8-15(12(11)2)16(19)18-10-13-6-4-7-14(17)9-13/h3-9H,10H2,1-2H3,(H,18,19). The second-order valence-corrected chi connectivity index (χ2v) is 4.56. The summed E-state index contributed by atoms with van der Waals surface area (Å²) in [6.45, 7) is 4.22. The third kappa shape index (κ3) is 3.19. The fourth-order valence-electron chi connectivity index (χ4n) is 1.92. The maximum Gasteiger partial charge on any atom is 0.251 e. The van der Waals surface area contributed by atoms with E-state index in [0.717, 1.165) is 16.7 Å². The van der Waals surface area contributed by atoms with Gasteiger partial charge in [0.15, 0.2) is 0 Å². The third-order valence-electron chi connectivity index (χ3n) is 3.19. The number of aryl methyl sites for hydroxylation is 1. The van der Waals surface area contributed by atoms with Crippen molar-refractivity contribution in [2.75, 3.05) is 0 Å². The van der Waals surface area contributed by atoms with Crippen molar-refractivity contribution < 1.29 is 9.18 Å². The van der Waals surface area contributed by atoms with E-state index in [0.29, 0.717) is 12.1 Å². The van der Waals surface area contributed by atoms with Crippen molar-refractivity contribution in [3.8, 4) is 0 Å². The lowest BCUT2D eigenvalue weighted by Gasteiger charge is -2.09. The molecule has 98 valence electrons. The molecule has 1 amide bonds. The minimum atomic E-state index is -0.293. The van der Waals surface area contributed by atoms with E-state index in [1.807, 2.05) is 26.0 Å². The van der Waals surface area contributed by atoms with Crippen LogP contribution in [0.1, 0.15) is 27.0 Å². The molecule has 2 aromatic carbocycles. The smallest absolute Gasteiger partial charge is 0.251 e. The van der Waals surface area contributed by atoms with Crippen molar-refractivity contribution in [2.24, 2.45) is 0 Å². The molecule has 0 fully saturated rings. The molecule has 0 unspecified atom stereocenters. The van der Waals surface area contributed by atoms with Crippen LogP contribution >= 0.6 is 0 Å². The number of hydrogen-bond acceptors (Lipinski definition) is 1. The van der Waals surface area contributed by atoms with Gasteiger partial charge in [0.1, 0.15) is 5.82 Å². The molecule has 0 saturated carbocycles. The number of amides is 1. The Balaban J connectivity index is 2.08. The molecule has 0 bridgehead atoms. The van der Waals surface area contributed by atoms with Crippen molar-refractivity contribution in [2.45, 2.75) is 20.4 Å². The molecule has 0 aromatic heterocycles. The normalized spacial score (nSPS) is 10.3. The second kappa shape index (κ2) is 5.65. The van der Waals surface area contributed by atoms with Crippen LogP contribution in [0.2, 0.25) is 0 Å². The predicted octanol–water partition coefficient (Wildman–Crippen LogP) is 3.37. The molecular formula is C16H16FNO. The van der Waals surface area contributed by atoms with Gasteiger partial charge in [-0.05, 0) is 48.7 Å². The Morgan fingerprint density at radius 1 is 1.16 bits per heavy atom. The topological polar surface area (TPSA) is 29.1 Å². The number of benzene rings is 2. The van der Waals surface area contributed by atoms with Crippen LogP contribution in [0.25, 0.3) is 0 Å². The highest BCUT2D eigenvalue weighted by molar-refractivity contribution is 5.95. The summed E-state index contributed by atoms with van der Waals surface area (Å²) >= 11 is 0. The Kier molecular flexibility index (Phi) is 3.95. The molecule has 0 radical (unpaired) electrons. The zero-order valence-electron chi connectivity index (χ0n) is 11.0. The highest BCUT2D eigenvalue weighted by Gasteiger charge is 2.09. The first kappa shape index (κ1) is 13.3. The van der Waals surface area contributed by atoms with E-state index in [-0.39, 0.29) is 11.7 Å². The number of carbonyl (C=O) groups is 1. The van der Waals surface area contributed by atoms with E-state index < -0.39 is 0 Å². The van der Waals surface area contributed by atoms with Crippen molar-refractivity contribution in [1.29, 1.82) is 0 Å². The van der Waals surface area contributed by atoms with Crippen LogP contribution in [0.4, 0.5) is 4.39 Å². The average molecular weight is 257 g/mol. The summed E-state index contributed by atoms with van der Waals surface area (Å²) in [6, 6.07) is 11.8. The SMILES string of the molecule is Cc1cccc(C(=O)NCc2cccc(F)c2)c1C. The van der Waals surface area contributed by atoms with Gasteiger partial charge in [-0.25, -0.2) is 4.39 Å². The average Bonchev–Trinajstić information content (AvgIpc) is 2.39. The van der Waals surface area contributed by atoms with Crippen LogP contribution in [0.5, 0.6) is 0 Å². The lowest BCUT2D eigenvalue weighted by Crippen LogP contribution is -2.23. The fourth-order valence-corrected chi connectivity index (χ4v) is 1.92. The second-order valence-electron chi connectivity index (χ2n) is 4.56. The van der Waals surface area contributed by atoms with Gasteiger partial charge in [0.05, 0.1) is 0 Å². The van der Waals surface area contributed by atoms with Gasteiger partial charge in [0.2, 0.25) is 0 Å². The van der Waals surface area contributed by atoms with Gasteiger partial charge in [-0.3, -0.25) is 4.79 Å². The minimum absolute atomic E-state index is 0.134. The van der Waals surface area contributed by atoms with Gasteiger partial charge in [0, 0.05) is 12.1 Å². The molecule has 0 aliphatic carbocycles. The van der Waals surface area contributed by atoms with E-state index in [2.05, 4.69) is 5.32 Å². The van der Waals surface area contributed by atoms with Crippen molar-refractivity contribution >= 4 is 5.91 Å². The zero-order valence-corrected chi connectivity index (χ0v) is 11.0. The lowest BCUT2D eigenvalue weighted by atomic mass is 10.0. The van der Waals surface area contributed by atoms with Crippen molar-refractivity contribution in [1.82, 2.24) is 5.32 Å². The number of nitrogens with one attached hydrogen (secondary N) is 1. The quantitative estimate of drug-likeness (QED) is 0.897. The molecule has 0 saturated heterocycles. The molecule has 3 heteroatoms. The first-order valence-corrected chi connectivity index (χ1v) is 6.17. The zero-order chi connectivity index (χ0) is 13.8. The minimum Gasteiger partial charge on any atom is -0.348 e. The maximum absolute atomic E-state index is 13.0. The first-order chi connectivity index (χ1) is 9.08. The van der Waals surface area contributed by atoms with Crippen LogP contribution < -0.4 is 5.32 Å². The number of halogens is 1. The number of carbonyl (C=O) groups excluding carboxylic acids is 1. The van der Waals surface area contributed by atoms with Crippen LogP contribution in [0.15, 0.2) is 42.5 Å². The fraction of sp³-hybridized carbons (Fsp3) is 0.188. The molecule has 2 aromatic rings. The lowest BCUT2D eigenvalue weighted by molar-refractivity contribution is 0.0950. The molecule has 0 heterocycles. The van der Waals surface area contributed by atoms with Crippen LogP contribution in [-0.4, -0.2) is 5.91 Å². The van der Waals surface area contributed by atoms with Crippen LogP contribution in [-0.2, 0) is 6.54 Å². The Morgan fingerprint density at radius 2 is 1.89 bits per heavy atom. The van der Waals surface area contributed by atoms with Gasteiger partial charge in [-0.2, -0.15) is 0 Å². The molecule has 0 atom stereocenters. The van der Waals surface area contributed by atoms with Gasteiger partial charge in [-0.1, -0.05) is 24.3 Å². The van der Waals surface area contributed by atoms with Crippen molar-refractivity contribution in [3.05, 3.63) is 70.5 Å². The van der Waals surface area contributed by atoms with Crippen LogP contribution in [0, 0.1) is 19.7 Å². The monoisotopic (exact) mass is 257 g/mol. The third-order valence-corrected chi connectivity index (χ3v) is 3.19. The van der Waals surface area contributed by atoms with E-state index in [1.165, 1.54) is 12.1 Å². The molecule has 2 rings (SSSR count). The Morgan fingerprint density at radius 3 is 2.63 bits per heavy atom. The summed E-state index contributed by atoms with van der Waals surface area (Å²) in [6.07, 6.45) is 0. The summed E-state index contributed by atoms with van der Waals surface area (Å²) in [4.78, 5) is 12.1. The molecule has 1 N–H and O–H groups in total. The Labute approximate surface area is 112 Å². The molecule has 0 aliphatic rings. The highest BCUT2D eigenvalue weighted by atomic mass is 19.1. The highest BCUT2D eigenvalue weighted by Crippen LogP contribution is 2.12. The molecule has 19 heavy (non-hydrogen) atoms. The van der Waals surface area contributed by atoms with Crippen LogP contribution in [0.3, 0.4) is 0 Å². The Bertz CT molecular complexity index is 607.